The Morgan fingerprint density at radius 1 is 1.20 bits per heavy atom. The number of benzene rings is 1. The van der Waals surface area contributed by atoms with Crippen LogP contribution in [0, 0.1) is 11.3 Å². The Morgan fingerprint density at radius 2 is 2.00 bits per heavy atom. The van der Waals surface area contributed by atoms with Crippen molar-refractivity contribution < 1.29 is 9.53 Å². The minimum absolute atomic E-state index is 0.234. The predicted octanol–water partition coefficient (Wildman–Crippen LogP) is 3.24. The number of piperazine rings is 2. The highest BCUT2D eigenvalue weighted by molar-refractivity contribution is 5.95. The van der Waals surface area contributed by atoms with Crippen molar-refractivity contribution in [1.82, 2.24) is 14.8 Å². The third kappa shape index (κ3) is 3.92. The molecule has 0 bridgehead atoms. The highest BCUT2D eigenvalue weighted by atomic mass is 16.6. The number of rotatable bonds is 1. The SMILES string of the molecule is CC1CN(c2ccc(C#N)c3ncccc23)CC2CN(C(=O)OC(C)(C)C)CCN12. The van der Waals surface area contributed by atoms with E-state index in [2.05, 4.69) is 27.8 Å². The van der Waals surface area contributed by atoms with E-state index in [4.69, 9.17) is 4.74 Å². The smallest absolute Gasteiger partial charge is 0.410 e. The summed E-state index contributed by atoms with van der Waals surface area (Å²) in [4.78, 5) is 23.8. The molecule has 2 aromatic rings. The molecule has 0 saturated carbocycles. The average Bonchev–Trinajstić information content (AvgIpc) is 2.71. The number of pyridine rings is 1. The summed E-state index contributed by atoms with van der Waals surface area (Å²) >= 11 is 0. The van der Waals surface area contributed by atoms with Gasteiger partial charge in [-0.15, -0.1) is 0 Å². The van der Waals surface area contributed by atoms with Gasteiger partial charge in [-0.1, -0.05) is 0 Å². The van der Waals surface area contributed by atoms with Crippen LogP contribution >= 0.6 is 0 Å². The molecule has 30 heavy (non-hydrogen) atoms. The Labute approximate surface area is 177 Å². The Kier molecular flexibility index (Phi) is 5.29. The standard InChI is InChI=1S/C23H29N5O2/c1-16-13-27(20-8-7-17(12-24)21-19(20)6-5-9-25-21)15-18-14-26(10-11-28(16)18)22(29)30-23(2,3)4/h5-9,16,18H,10-11,13-15H2,1-4H3. The van der Waals surface area contributed by atoms with Crippen LogP contribution in [0.5, 0.6) is 0 Å². The minimum atomic E-state index is -0.492. The second-order valence-corrected chi connectivity index (χ2v) is 9.22. The summed E-state index contributed by atoms with van der Waals surface area (Å²) < 4.78 is 5.59. The fraction of sp³-hybridized carbons (Fsp3) is 0.522. The van der Waals surface area contributed by atoms with Crippen molar-refractivity contribution in [2.75, 3.05) is 37.6 Å². The van der Waals surface area contributed by atoms with Crippen LogP contribution in [0.3, 0.4) is 0 Å². The van der Waals surface area contributed by atoms with Crippen molar-refractivity contribution in [2.45, 2.75) is 45.4 Å². The summed E-state index contributed by atoms with van der Waals surface area (Å²) in [7, 11) is 0. The first kappa shape index (κ1) is 20.4. The number of nitriles is 1. The Balaban J connectivity index is 1.58. The van der Waals surface area contributed by atoms with Gasteiger partial charge in [0.25, 0.3) is 0 Å². The van der Waals surface area contributed by atoms with Crippen LogP contribution in [0.4, 0.5) is 10.5 Å². The summed E-state index contributed by atoms with van der Waals surface area (Å²) in [6, 6.07) is 10.7. The fourth-order valence-electron chi connectivity index (χ4n) is 4.58. The molecule has 2 saturated heterocycles. The molecule has 0 aliphatic carbocycles. The van der Waals surface area contributed by atoms with Crippen LogP contribution < -0.4 is 4.90 Å². The zero-order valence-corrected chi connectivity index (χ0v) is 18.1. The lowest BCUT2D eigenvalue weighted by molar-refractivity contribution is -0.00654. The summed E-state index contributed by atoms with van der Waals surface area (Å²) in [5.41, 5.74) is 1.94. The van der Waals surface area contributed by atoms with Crippen molar-refractivity contribution >= 4 is 22.7 Å². The van der Waals surface area contributed by atoms with Gasteiger partial charge >= 0.3 is 6.09 Å². The molecule has 0 radical (unpaired) electrons. The van der Waals surface area contributed by atoms with Crippen molar-refractivity contribution in [2.24, 2.45) is 0 Å². The normalized spacial score (nSPS) is 22.5. The predicted molar refractivity (Wildman–Crippen MR) is 116 cm³/mol. The largest absolute Gasteiger partial charge is 0.444 e. The van der Waals surface area contributed by atoms with E-state index in [0.717, 1.165) is 36.2 Å². The highest BCUT2D eigenvalue weighted by Crippen LogP contribution is 2.32. The van der Waals surface area contributed by atoms with Gasteiger partial charge in [0.15, 0.2) is 0 Å². The monoisotopic (exact) mass is 407 g/mol. The summed E-state index contributed by atoms with van der Waals surface area (Å²) in [6.07, 6.45) is 1.49. The van der Waals surface area contributed by atoms with Gasteiger partial charge in [0.05, 0.1) is 11.1 Å². The van der Waals surface area contributed by atoms with Crippen LogP contribution in [-0.4, -0.2) is 71.3 Å². The number of carbonyl (C=O) groups is 1. The van der Waals surface area contributed by atoms with Crippen molar-refractivity contribution in [3.8, 4) is 6.07 Å². The summed E-state index contributed by atoms with van der Waals surface area (Å²) in [5.74, 6) is 0. The molecule has 1 aromatic heterocycles. The molecule has 2 aliphatic heterocycles. The Bertz CT molecular complexity index is 993. The number of anilines is 1. The molecule has 3 heterocycles. The number of aromatic nitrogens is 1. The van der Waals surface area contributed by atoms with Gasteiger partial charge in [-0.2, -0.15) is 5.26 Å². The van der Waals surface area contributed by atoms with Crippen LogP contribution in [0.25, 0.3) is 10.9 Å². The third-order valence-electron chi connectivity index (χ3n) is 5.87. The first-order valence-corrected chi connectivity index (χ1v) is 10.5. The number of hydrogen-bond donors (Lipinski definition) is 0. The highest BCUT2D eigenvalue weighted by Gasteiger charge is 2.38. The van der Waals surface area contributed by atoms with E-state index < -0.39 is 5.60 Å². The molecular weight excluding hydrogens is 378 g/mol. The molecule has 1 aromatic carbocycles. The van der Waals surface area contributed by atoms with E-state index in [1.165, 1.54) is 0 Å². The fourth-order valence-corrected chi connectivity index (χ4v) is 4.58. The van der Waals surface area contributed by atoms with E-state index in [-0.39, 0.29) is 12.1 Å². The van der Waals surface area contributed by atoms with Gasteiger partial charge in [0.1, 0.15) is 11.7 Å². The maximum absolute atomic E-state index is 12.6. The maximum Gasteiger partial charge on any atom is 0.410 e. The molecule has 2 fully saturated rings. The lowest BCUT2D eigenvalue weighted by Crippen LogP contribution is -2.66. The molecule has 2 unspecified atom stereocenters. The summed E-state index contributed by atoms with van der Waals surface area (Å²) in [5, 5.41) is 10.4. The van der Waals surface area contributed by atoms with Gasteiger partial charge in [-0.05, 0) is 52.0 Å². The maximum atomic E-state index is 12.6. The molecule has 0 spiro atoms. The number of fused-ring (bicyclic) bond motifs is 2. The number of nitrogens with zero attached hydrogens (tertiary/aromatic N) is 5. The van der Waals surface area contributed by atoms with Gasteiger partial charge < -0.3 is 14.5 Å². The molecule has 0 N–H and O–H groups in total. The molecule has 2 aliphatic rings. The lowest BCUT2D eigenvalue weighted by atomic mass is 10.0. The molecule has 1 amide bonds. The van der Waals surface area contributed by atoms with E-state index in [0.29, 0.717) is 24.7 Å². The second-order valence-electron chi connectivity index (χ2n) is 9.22. The Hall–Kier alpha value is -2.85. The zero-order chi connectivity index (χ0) is 21.5. The molecule has 4 rings (SSSR count). The first-order valence-electron chi connectivity index (χ1n) is 10.5. The minimum Gasteiger partial charge on any atom is -0.444 e. The van der Waals surface area contributed by atoms with Gasteiger partial charge in [0.2, 0.25) is 0 Å². The second kappa shape index (κ2) is 7.77. The van der Waals surface area contributed by atoms with Crippen LogP contribution in [0.15, 0.2) is 30.5 Å². The number of carbonyl (C=O) groups excluding carboxylic acids is 1. The van der Waals surface area contributed by atoms with Gasteiger partial charge in [-0.25, -0.2) is 4.79 Å². The number of ether oxygens (including phenoxy) is 1. The third-order valence-corrected chi connectivity index (χ3v) is 5.87. The lowest BCUT2D eigenvalue weighted by Gasteiger charge is -2.51. The zero-order valence-electron chi connectivity index (χ0n) is 18.1. The molecule has 7 nitrogen and oxygen atoms in total. The quantitative estimate of drug-likeness (QED) is 0.723. The molecule has 2 atom stereocenters. The average molecular weight is 408 g/mol. The van der Waals surface area contributed by atoms with Crippen LogP contribution in [-0.2, 0) is 4.74 Å². The topological polar surface area (TPSA) is 72.7 Å². The molecule has 7 heteroatoms. The number of hydrogen-bond acceptors (Lipinski definition) is 6. The van der Waals surface area contributed by atoms with Crippen LogP contribution in [0.2, 0.25) is 0 Å². The van der Waals surface area contributed by atoms with Crippen molar-refractivity contribution in [3.63, 3.8) is 0 Å². The van der Waals surface area contributed by atoms with E-state index in [1.54, 1.807) is 6.20 Å². The number of amides is 1. The molecular formula is C23H29N5O2. The first-order chi connectivity index (χ1) is 14.3. The van der Waals surface area contributed by atoms with E-state index in [9.17, 15) is 10.1 Å². The van der Waals surface area contributed by atoms with E-state index >= 15 is 0 Å². The van der Waals surface area contributed by atoms with Crippen molar-refractivity contribution in [1.29, 1.82) is 5.26 Å². The van der Waals surface area contributed by atoms with Crippen LogP contribution in [0.1, 0.15) is 33.3 Å². The Morgan fingerprint density at radius 3 is 2.73 bits per heavy atom. The summed E-state index contributed by atoms with van der Waals surface area (Å²) in [6.45, 7) is 11.9. The van der Waals surface area contributed by atoms with E-state index in [1.807, 2.05) is 49.9 Å². The van der Waals surface area contributed by atoms with Crippen molar-refractivity contribution in [3.05, 3.63) is 36.0 Å². The van der Waals surface area contributed by atoms with Gasteiger partial charge in [0, 0.05) is 62.1 Å². The van der Waals surface area contributed by atoms with Gasteiger partial charge in [-0.3, -0.25) is 9.88 Å². The molecule has 158 valence electrons.